The van der Waals surface area contributed by atoms with Crippen LogP contribution in [0.25, 0.3) is 0 Å². The van der Waals surface area contributed by atoms with Gasteiger partial charge in [0.25, 0.3) is 0 Å². The van der Waals surface area contributed by atoms with Gasteiger partial charge >= 0.3 is 0 Å². The minimum absolute atomic E-state index is 0.632. The van der Waals surface area contributed by atoms with E-state index in [1.807, 2.05) is 0 Å². The molecule has 0 spiro atoms. The minimum Gasteiger partial charge on any atom is -0.381 e. The molecular formula is C11H19N3OS. The van der Waals surface area contributed by atoms with Gasteiger partial charge in [0.1, 0.15) is 5.82 Å². The molecular weight excluding hydrogens is 222 g/mol. The van der Waals surface area contributed by atoms with Crippen molar-refractivity contribution in [3.63, 3.8) is 0 Å². The van der Waals surface area contributed by atoms with Crippen LogP contribution < -0.4 is 5.32 Å². The first kappa shape index (κ1) is 11.8. The third-order valence-corrected chi connectivity index (χ3v) is 3.45. The standard InChI is InChI=1S/C11H19N3OS/c1-2-4-10-13-11(16-14-10)12-7-9-5-3-6-15-8-9/h9H,2-8H2,1H3,(H,12,13,14). The molecule has 5 heteroatoms. The highest BCUT2D eigenvalue weighted by molar-refractivity contribution is 7.09. The molecule has 1 aliphatic heterocycles. The van der Waals surface area contributed by atoms with Crippen molar-refractivity contribution in [3.05, 3.63) is 5.82 Å². The van der Waals surface area contributed by atoms with Crippen molar-refractivity contribution in [2.45, 2.75) is 32.6 Å². The number of rotatable bonds is 5. The van der Waals surface area contributed by atoms with Crippen molar-refractivity contribution in [2.75, 3.05) is 25.1 Å². The number of aryl methyl sites for hydroxylation is 1. The van der Waals surface area contributed by atoms with Gasteiger partial charge in [-0.1, -0.05) is 6.92 Å². The summed E-state index contributed by atoms with van der Waals surface area (Å²) in [5.41, 5.74) is 0. The Hall–Kier alpha value is -0.680. The fraction of sp³-hybridized carbons (Fsp3) is 0.818. The van der Waals surface area contributed by atoms with E-state index in [2.05, 4.69) is 21.6 Å². The van der Waals surface area contributed by atoms with Crippen LogP contribution in [0.4, 0.5) is 5.13 Å². The van der Waals surface area contributed by atoms with E-state index >= 15 is 0 Å². The summed E-state index contributed by atoms with van der Waals surface area (Å²) in [5, 5.41) is 4.31. The zero-order chi connectivity index (χ0) is 11.2. The van der Waals surface area contributed by atoms with Crippen LogP contribution in [0.5, 0.6) is 0 Å². The smallest absolute Gasteiger partial charge is 0.202 e. The van der Waals surface area contributed by atoms with Gasteiger partial charge in [-0.15, -0.1) is 0 Å². The van der Waals surface area contributed by atoms with Gasteiger partial charge < -0.3 is 10.1 Å². The number of nitrogens with one attached hydrogen (secondary N) is 1. The van der Waals surface area contributed by atoms with E-state index in [1.54, 1.807) is 0 Å². The van der Waals surface area contributed by atoms with E-state index in [-0.39, 0.29) is 0 Å². The van der Waals surface area contributed by atoms with Gasteiger partial charge in [0.2, 0.25) is 5.13 Å². The van der Waals surface area contributed by atoms with Crippen molar-refractivity contribution in [1.29, 1.82) is 0 Å². The van der Waals surface area contributed by atoms with Crippen molar-refractivity contribution in [2.24, 2.45) is 5.92 Å². The largest absolute Gasteiger partial charge is 0.381 e. The lowest BCUT2D eigenvalue weighted by atomic mass is 10.0. The van der Waals surface area contributed by atoms with Gasteiger partial charge in [0, 0.05) is 31.1 Å². The molecule has 1 fully saturated rings. The van der Waals surface area contributed by atoms with Crippen molar-refractivity contribution >= 4 is 16.7 Å². The molecule has 90 valence electrons. The molecule has 1 saturated heterocycles. The van der Waals surface area contributed by atoms with Gasteiger partial charge in [-0.3, -0.25) is 0 Å². The third-order valence-electron chi connectivity index (χ3n) is 2.74. The molecule has 0 aliphatic carbocycles. The van der Waals surface area contributed by atoms with Crippen LogP contribution in [0, 0.1) is 5.92 Å². The van der Waals surface area contributed by atoms with Crippen LogP contribution in [-0.4, -0.2) is 29.1 Å². The monoisotopic (exact) mass is 241 g/mol. The lowest BCUT2D eigenvalue weighted by molar-refractivity contribution is 0.0595. The second-order valence-electron chi connectivity index (χ2n) is 4.23. The Morgan fingerprint density at radius 1 is 1.56 bits per heavy atom. The molecule has 2 rings (SSSR count). The Morgan fingerprint density at radius 3 is 3.25 bits per heavy atom. The summed E-state index contributed by atoms with van der Waals surface area (Å²) < 4.78 is 9.75. The summed E-state index contributed by atoms with van der Waals surface area (Å²) in [4.78, 5) is 4.44. The minimum atomic E-state index is 0.632. The van der Waals surface area contributed by atoms with Gasteiger partial charge in [-0.05, 0) is 25.2 Å². The number of nitrogens with zero attached hydrogens (tertiary/aromatic N) is 2. The average molecular weight is 241 g/mol. The summed E-state index contributed by atoms with van der Waals surface area (Å²) in [6.45, 7) is 4.91. The summed E-state index contributed by atoms with van der Waals surface area (Å²) in [6, 6.07) is 0. The molecule has 1 aromatic heterocycles. The van der Waals surface area contributed by atoms with Crippen LogP contribution in [0.1, 0.15) is 32.0 Å². The van der Waals surface area contributed by atoms with E-state index < -0.39 is 0 Å². The molecule has 0 amide bonds. The molecule has 0 aromatic carbocycles. The third kappa shape index (κ3) is 3.42. The molecule has 4 nitrogen and oxygen atoms in total. The second-order valence-corrected chi connectivity index (χ2v) is 4.98. The highest BCUT2D eigenvalue weighted by Crippen LogP contribution is 2.16. The molecule has 1 aromatic rings. The highest BCUT2D eigenvalue weighted by Gasteiger charge is 2.14. The molecule has 1 N–H and O–H groups in total. The lowest BCUT2D eigenvalue weighted by Gasteiger charge is -2.21. The van der Waals surface area contributed by atoms with Gasteiger partial charge in [0.15, 0.2) is 0 Å². The van der Waals surface area contributed by atoms with Crippen LogP contribution >= 0.6 is 11.5 Å². The number of anilines is 1. The maximum absolute atomic E-state index is 5.44. The summed E-state index contributed by atoms with van der Waals surface area (Å²) in [6.07, 6.45) is 4.52. The Morgan fingerprint density at radius 2 is 2.50 bits per heavy atom. The maximum atomic E-state index is 5.44. The maximum Gasteiger partial charge on any atom is 0.202 e. The molecule has 1 aliphatic rings. The first-order valence-electron chi connectivity index (χ1n) is 6.02. The number of ether oxygens (including phenoxy) is 1. The predicted octanol–water partition coefficient (Wildman–Crippen LogP) is 2.33. The van der Waals surface area contributed by atoms with Crippen molar-refractivity contribution in [1.82, 2.24) is 9.36 Å². The van der Waals surface area contributed by atoms with Gasteiger partial charge in [-0.25, -0.2) is 4.98 Å². The van der Waals surface area contributed by atoms with Crippen molar-refractivity contribution in [3.8, 4) is 0 Å². The molecule has 1 atom stereocenters. The zero-order valence-electron chi connectivity index (χ0n) is 9.74. The number of hydrogen-bond acceptors (Lipinski definition) is 5. The van der Waals surface area contributed by atoms with Crippen LogP contribution in [0.2, 0.25) is 0 Å². The molecule has 1 unspecified atom stereocenters. The molecule has 2 heterocycles. The molecule has 0 bridgehead atoms. The number of aromatic nitrogens is 2. The highest BCUT2D eigenvalue weighted by atomic mass is 32.1. The predicted molar refractivity (Wildman–Crippen MR) is 65.9 cm³/mol. The fourth-order valence-electron chi connectivity index (χ4n) is 1.85. The van der Waals surface area contributed by atoms with E-state index in [1.165, 1.54) is 24.4 Å². The average Bonchev–Trinajstić information content (AvgIpc) is 2.76. The van der Waals surface area contributed by atoms with E-state index in [4.69, 9.17) is 4.74 Å². The van der Waals surface area contributed by atoms with Gasteiger partial charge in [-0.2, -0.15) is 4.37 Å². The van der Waals surface area contributed by atoms with Gasteiger partial charge in [0.05, 0.1) is 6.61 Å². The summed E-state index contributed by atoms with van der Waals surface area (Å²) in [7, 11) is 0. The molecule has 0 radical (unpaired) electrons. The van der Waals surface area contributed by atoms with Crippen molar-refractivity contribution < 1.29 is 4.74 Å². The summed E-state index contributed by atoms with van der Waals surface area (Å²) in [5.74, 6) is 1.60. The molecule has 16 heavy (non-hydrogen) atoms. The lowest BCUT2D eigenvalue weighted by Crippen LogP contribution is -2.24. The first-order valence-corrected chi connectivity index (χ1v) is 6.80. The normalized spacial score (nSPS) is 20.9. The van der Waals surface area contributed by atoms with E-state index in [9.17, 15) is 0 Å². The zero-order valence-corrected chi connectivity index (χ0v) is 10.6. The summed E-state index contributed by atoms with van der Waals surface area (Å²) >= 11 is 1.47. The second kappa shape index (κ2) is 6.15. The Kier molecular flexibility index (Phi) is 4.54. The van der Waals surface area contributed by atoms with E-state index in [0.717, 1.165) is 43.6 Å². The quantitative estimate of drug-likeness (QED) is 0.859. The SMILES string of the molecule is CCCc1nsc(NCC2CCCOC2)n1. The Balaban J connectivity index is 1.75. The molecule has 0 saturated carbocycles. The number of hydrogen-bond donors (Lipinski definition) is 1. The van der Waals surface area contributed by atoms with Crippen LogP contribution in [0.3, 0.4) is 0 Å². The first-order chi connectivity index (χ1) is 7.88. The van der Waals surface area contributed by atoms with E-state index in [0.29, 0.717) is 5.92 Å². The van der Waals surface area contributed by atoms with Crippen LogP contribution in [0.15, 0.2) is 0 Å². The van der Waals surface area contributed by atoms with Crippen LogP contribution in [-0.2, 0) is 11.2 Å². The topological polar surface area (TPSA) is 47.0 Å². The Labute approximate surface area is 101 Å². The fourth-order valence-corrected chi connectivity index (χ4v) is 2.47. The Bertz CT molecular complexity index is 310.